The van der Waals surface area contributed by atoms with Crippen LogP contribution in [0.3, 0.4) is 0 Å². The molecule has 5 nitrogen and oxygen atoms in total. The Hall–Kier alpha value is -0.890. The number of rotatable bonds is 8. The topological polar surface area (TPSA) is 59.9 Å². The smallest absolute Gasteiger partial charge is 0.344 e. The minimum absolute atomic E-state index is 0.135. The first-order valence-electron chi connectivity index (χ1n) is 8.01. The molecule has 0 bridgehead atoms. The van der Waals surface area contributed by atoms with Crippen molar-refractivity contribution in [3.63, 3.8) is 0 Å². The number of nitrogens with zero attached hydrogens (tertiary/aromatic N) is 2. The van der Waals surface area contributed by atoms with Gasteiger partial charge in [-0.1, -0.05) is 35.5 Å². The lowest BCUT2D eigenvalue weighted by molar-refractivity contribution is 0.0941. The highest BCUT2D eigenvalue weighted by Crippen LogP contribution is 2.27. The van der Waals surface area contributed by atoms with Gasteiger partial charge < -0.3 is 4.74 Å². The maximum atomic E-state index is 11.9. The number of ether oxygens (including phenoxy) is 1. The number of halogens is 1. The summed E-state index contributed by atoms with van der Waals surface area (Å²) < 4.78 is 7.31. The van der Waals surface area contributed by atoms with Crippen molar-refractivity contribution in [2.45, 2.75) is 42.0 Å². The van der Waals surface area contributed by atoms with Crippen LogP contribution >= 0.6 is 35.1 Å². The quantitative estimate of drug-likeness (QED) is 0.554. The van der Waals surface area contributed by atoms with Gasteiger partial charge in [0.05, 0.1) is 17.7 Å². The van der Waals surface area contributed by atoms with Crippen LogP contribution in [0.15, 0.2) is 39.1 Å². The highest BCUT2D eigenvalue weighted by atomic mass is 35.5. The van der Waals surface area contributed by atoms with Gasteiger partial charge in [-0.2, -0.15) is 0 Å². The molecule has 1 atom stereocenters. The van der Waals surface area contributed by atoms with Gasteiger partial charge in [0.25, 0.3) is 0 Å². The molecular formula is C16H20ClN3O2S2. The summed E-state index contributed by atoms with van der Waals surface area (Å²) >= 11 is 9.51. The average molecular weight is 386 g/mol. The molecule has 0 radical (unpaired) electrons. The van der Waals surface area contributed by atoms with Crippen molar-refractivity contribution < 1.29 is 4.74 Å². The van der Waals surface area contributed by atoms with Crippen molar-refractivity contribution in [2.24, 2.45) is 0 Å². The van der Waals surface area contributed by atoms with E-state index >= 15 is 0 Å². The lowest BCUT2D eigenvalue weighted by Crippen LogP contribution is -2.25. The molecule has 3 rings (SSSR count). The van der Waals surface area contributed by atoms with Crippen LogP contribution in [-0.2, 0) is 11.3 Å². The fourth-order valence-electron chi connectivity index (χ4n) is 2.53. The van der Waals surface area contributed by atoms with Crippen LogP contribution in [0.25, 0.3) is 0 Å². The number of aromatic amines is 1. The van der Waals surface area contributed by atoms with Crippen molar-refractivity contribution >= 4 is 35.1 Å². The van der Waals surface area contributed by atoms with E-state index in [0.29, 0.717) is 6.54 Å². The maximum absolute atomic E-state index is 11.9. The summed E-state index contributed by atoms with van der Waals surface area (Å²) in [6, 6.07) is 7.88. The van der Waals surface area contributed by atoms with E-state index in [9.17, 15) is 4.79 Å². The Morgan fingerprint density at radius 2 is 2.17 bits per heavy atom. The van der Waals surface area contributed by atoms with Gasteiger partial charge in [-0.3, -0.25) is 4.57 Å². The highest BCUT2D eigenvalue weighted by Gasteiger charge is 2.19. The van der Waals surface area contributed by atoms with Gasteiger partial charge in [0.1, 0.15) is 0 Å². The van der Waals surface area contributed by atoms with Crippen LogP contribution in [-0.4, -0.2) is 39.0 Å². The van der Waals surface area contributed by atoms with E-state index in [1.807, 2.05) is 24.3 Å². The molecule has 1 unspecified atom stereocenters. The second-order valence-corrected chi connectivity index (χ2v) is 8.14. The van der Waals surface area contributed by atoms with Crippen LogP contribution in [0.2, 0.25) is 5.02 Å². The number of nitrogens with one attached hydrogen (secondary N) is 1. The molecular weight excluding hydrogens is 366 g/mol. The predicted octanol–water partition coefficient (Wildman–Crippen LogP) is 3.68. The molecule has 24 heavy (non-hydrogen) atoms. The summed E-state index contributed by atoms with van der Waals surface area (Å²) in [4.78, 5) is 13.0. The molecule has 1 N–H and O–H groups in total. The molecule has 2 aromatic rings. The van der Waals surface area contributed by atoms with E-state index in [-0.39, 0.29) is 11.8 Å². The van der Waals surface area contributed by atoms with Gasteiger partial charge in [0, 0.05) is 17.3 Å². The monoisotopic (exact) mass is 385 g/mol. The second-order valence-electron chi connectivity index (χ2n) is 5.54. The van der Waals surface area contributed by atoms with Crippen LogP contribution < -0.4 is 5.69 Å². The summed E-state index contributed by atoms with van der Waals surface area (Å²) in [6.07, 6.45) is 3.23. The molecule has 8 heteroatoms. The van der Waals surface area contributed by atoms with E-state index < -0.39 is 0 Å². The Kier molecular flexibility index (Phi) is 6.71. The average Bonchev–Trinajstić information content (AvgIpc) is 3.21. The zero-order valence-corrected chi connectivity index (χ0v) is 15.6. The van der Waals surface area contributed by atoms with Crippen LogP contribution in [0, 0.1) is 0 Å². The maximum Gasteiger partial charge on any atom is 0.344 e. The summed E-state index contributed by atoms with van der Waals surface area (Å²) in [7, 11) is 0. The van der Waals surface area contributed by atoms with E-state index in [4.69, 9.17) is 16.3 Å². The predicted molar refractivity (Wildman–Crippen MR) is 99.3 cm³/mol. The number of aromatic nitrogens is 3. The van der Waals surface area contributed by atoms with Gasteiger partial charge in [-0.25, -0.2) is 9.89 Å². The van der Waals surface area contributed by atoms with Crippen molar-refractivity contribution in [3.05, 3.63) is 39.8 Å². The normalized spacial score (nSPS) is 17.5. The number of benzene rings is 1. The Balaban J connectivity index is 1.45. The molecule has 0 spiro atoms. The van der Waals surface area contributed by atoms with E-state index in [1.54, 1.807) is 28.1 Å². The minimum Gasteiger partial charge on any atom is -0.376 e. The Bertz CT molecular complexity index is 713. The SMILES string of the molecule is O=c1[nH]nc(SCCCSc2ccccc2Cl)n1CC1CCCO1. The highest BCUT2D eigenvalue weighted by molar-refractivity contribution is 8.00. The van der Waals surface area contributed by atoms with Crippen LogP contribution in [0.5, 0.6) is 0 Å². The first kappa shape index (κ1) is 17.9. The van der Waals surface area contributed by atoms with Crippen molar-refractivity contribution in [1.29, 1.82) is 0 Å². The zero-order valence-electron chi connectivity index (χ0n) is 13.2. The van der Waals surface area contributed by atoms with E-state index in [1.165, 1.54) is 0 Å². The number of hydrogen-bond acceptors (Lipinski definition) is 5. The largest absolute Gasteiger partial charge is 0.376 e. The van der Waals surface area contributed by atoms with Crippen molar-refractivity contribution in [2.75, 3.05) is 18.1 Å². The lowest BCUT2D eigenvalue weighted by atomic mass is 10.2. The summed E-state index contributed by atoms with van der Waals surface area (Å²) in [5, 5.41) is 8.22. The van der Waals surface area contributed by atoms with Gasteiger partial charge in [0.15, 0.2) is 5.16 Å². The summed E-state index contributed by atoms with van der Waals surface area (Å²) in [5.41, 5.74) is -0.154. The van der Waals surface area contributed by atoms with Crippen LogP contribution in [0.1, 0.15) is 19.3 Å². The standard InChI is InChI=1S/C16H20ClN3O2S2/c17-13-6-1-2-7-14(13)23-9-4-10-24-16-19-18-15(21)20(16)11-12-5-3-8-22-12/h1-2,6-7,12H,3-5,8-11H2,(H,18,21). The first-order valence-corrected chi connectivity index (χ1v) is 10.4. The van der Waals surface area contributed by atoms with Gasteiger partial charge in [0.2, 0.25) is 0 Å². The van der Waals surface area contributed by atoms with Crippen LogP contribution in [0.4, 0.5) is 0 Å². The molecule has 0 saturated carbocycles. The summed E-state index contributed by atoms with van der Waals surface area (Å²) in [6.45, 7) is 1.38. The summed E-state index contributed by atoms with van der Waals surface area (Å²) in [5.74, 6) is 1.89. The molecule has 1 saturated heterocycles. The first-order chi connectivity index (χ1) is 11.7. The fourth-order valence-corrected chi connectivity index (χ4v) is 4.80. The van der Waals surface area contributed by atoms with Crippen molar-refractivity contribution in [3.8, 4) is 0 Å². The third-order valence-corrected chi connectivity index (χ3v) is 6.41. The molecule has 0 aliphatic carbocycles. The van der Waals surface area contributed by atoms with E-state index in [0.717, 1.165) is 52.4 Å². The molecule has 0 amide bonds. The Morgan fingerprint density at radius 3 is 2.96 bits per heavy atom. The molecule has 1 aliphatic rings. The molecule has 1 fully saturated rings. The molecule has 1 aromatic heterocycles. The lowest BCUT2D eigenvalue weighted by Gasteiger charge is -2.10. The number of H-pyrrole nitrogens is 1. The molecule has 1 aliphatic heterocycles. The van der Waals surface area contributed by atoms with E-state index in [2.05, 4.69) is 10.2 Å². The van der Waals surface area contributed by atoms with Gasteiger partial charge in [-0.05, 0) is 37.1 Å². The Morgan fingerprint density at radius 1 is 1.33 bits per heavy atom. The number of hydrogen-bond donors (Lipinski definition) is 1. The second kappa shape index (κ2) is 8.99. The fraction of sp³-hybridized carbons (Fsp3) is 0.500. The molecule has 2 heterocycles. The third kappa shape index (κ3) is 4.81. The molecule has 130 valence electrons. The third-order valence-electron chi connectivity index (χ3n) is 3.75. The zero-order chi connectivity index (χ0) is 16.8. The van der Waals surface area contributed by atoms with Crippen molar-refractivity contribution in [1.82, 2.24) is 14.8 Å². The van der Waals surface area contributed by atoms with Gasteiger partial charge in [-0.15, -0.1) is 16.9 Å². The molecule has 1 aromatic carbocycles. The minimum atomic E-state index is -0.154. The van der Waals surface area contributed by atoms with Gasteiger partial charge >= 0.3 is 5.69 Å². The number of thioether (sulfide) groups is 2. The Labute approximate surface area is 154 Å².